The normalized spacial score (nSPS) is 21.2. The number of rotatable bonds is 5. The van der Waals surface area contributed by atoms with Crippen LogP contribution in [0.25, 0.3) is 0 Å². The van der Waals surface area contributed by atoms with Crippen molar-refractivity contribution in [3.05, 3.63) is 35.4 Å². The predicted octanol–water partition coefficient (Wildman–Crippen LogP) is 3.99. The van der Waals surface area contributed by atoms with Crippen LogP contribution in [-0.4, -0.2) is 17.7 Å². The molecular weight excluding hydrogens is 288 g/mol. The van der Waals surface area contributed by atoms with Gasteiger partial charge in [-0.2, -0.15) is 0 Å². The van der Waals surface area contributed by atoms with Crippen molar-refractivity contribution in [1.82, 2.24) is 10.6 Å². The zero-order chi connectivity index (χ0) is 16.9. The number of hydrogen-bond acceptors (Lipinski definition) is 3. The van der Waals surface area contributed by atoms with Crippen LogP contribution in [0, 0.1) is 5.92 Å². The molecule has 0 radical (unpaired) electrons. The molecule has 4 nitrogen and oxygen atoms in total. The van der Waals surface area contributed by atoms with Gasteiger partial charge in [-0.1, -0.05) is 37.6 Å². The maximum Gasteiger partial charge on any atom is 0.407 e. The van der Waals surface area contributed by atoms with Crippen molar-refractivity contribution in [2.24, 2.45) is 5.92 Å². The van der Waals surface area contributed by atoms with Crippen LogP contribution in [0.1, 0.15) is 58.1 Å². The standard InChI is InChI=1S/C19H30N2O2/c1-14-8-7-11-17(14)20-12-15-9-5-6-10-16(15)13-21-18(22)23-19(2,3)4/h5-6,9-10,14,17,20H,7-8,11-13H2,1-4H3,(H,21,22). The monoisotopic (exact) mass is 318 g/mol. The summed E-state index contributed by atoms with van der Waals surface area (Å²) in [4.78, 5) is 11.8. The summed E-state index contributed by atoms with van der Waals surface area (Å²) < 4.78 is 5.29. The second kappa shape index (κ2) is 7.82. The van der Waals surface area contributed by atoms with Crippen LogP contribution < -0.4 is 10.6 Å². The second-order valence-corrected chi connectivity index (χ2v) is 7.52. The van der Waals surface area contributed by atoms with E-state index >= 15 is 0 Å². The second-order valence-electron chi connectivity index (χ2n) is 7.52. The van der Waals surface area contributed by atoms with Crippen LogP contribution in [0.4, 0.5) is 4.79 Å². The van der Waals surface area contributed by atoms with E-state index in [1.165, 1.54) is 24.8 Å². The summed E-state index contributed by atoms with van der Waals surface area (Å²) in [5, 5.41) is 6.51. The summed E-state index contributed by atoms with van der Waals surface area (Å²) >= 11 is 0. The first-order chi connectivity index (χ1) is 10.8. The third-order valence-electron chi connectivity index (χ3n) is 4.36. The average Bonchev–Trinajstić information content (AvgIpc) is 2.87. The van der Waals surface area contributed by atoms with Crippen molar-refractivity contribution >= 4 is 6.09 Å². The molecule has 0 aromatic heterocycles. The van der Waals surface area contributed by atoms with Crippen LogP contribution in [0.3, 0.4) is 0 Å². The predicted molar refractivity (Wildman–Crippen MR) is 93.2 cm³/mol. The Bertz CT molecular complexity index is 522. The Hall–Kier alpha value is -1.55. The summed E-state index contributed by atoms with van der Waals surface area (Å²) in [6, 6.07) is 8.85. The molecule has 1 aliphatic carbocycles. The lowest BCUT2D eigenvalue weighted by atomic mass is 10.0. The van der Waals surface area contributed by atoms with Crippen molar-refractivity contribution in [3.8, 4) is 0 Å². The number of nitrogens with one attached hydrogen (secondary N) is 2. The number of ether oxygens (including phenoxy) is 1. The molecule has 128 valence electrons. The lowest BCUT2D eigenvalue weighted by molar-refractivity contribution is 0.0523. The minimum atomic E-state index is -0.468. The molecule has 1 aromatic rings. The molecule has 1 aliphatic rings. The summed E-state index contributed by atoms with van der Waals surface area (Å²) in [7, 11) is 0. The first kappa shape index (κ1) is 17.8. The third-order valence-corrected chi connectivity index (χ3v) is 4.36. The number of alkyl carbamates (subject to hydrolysis) is 1. The highest BCUT2D eigenvalue weighted by Gasteiger charge is 2.22. The smallest absolute Gasteiger partial charge is 0.407 e. The lowest BCUT2D eigenvalue weighted by Crippen LogP contribution is -2.33. The Balaban J connectivity index is 1.88. The molecular formula is C19H30N2O2. The first-order valence-corrected chi connectivity index (χ1v) is 8.62. The summed E-state index contributed by atoms with van der Waals surface area (Å²) in [6.07, 6.45) is 3.53. The van der Waals surface area contributed by atoms with Gasteiger partial charge in [0.1, 0.15) is 5.60 Å². The molecule has 1 amide bonds. The van der Waals surface area contributed by atoms with E-state index in [9.17, 15) is 4.79 Å². The molecule has 0 aliphatic heterocycles. The van der Waals surface area contributed by atoms with E-state index in [0.717, 1.165) is 18.0 Å². The van der Waals surface area contributed by atoms with Crippen molar-refractivity contribution in [2.45, 2.75) is 71.7 Å². The molecule has 0 saturated heterocycles. The summed E-state index contributed by atoms with van der Waals surface area (Å²) in [6.45, 7) is 9.27. The fourth-order valence-corrected chi connectivity index (χ4v) is 3.07. The van der Waals surface area contributed by atoms with Gasteiger partial charge in [-0.3, -0.25) is 0 Å². The van der Waals surface area contributed by atoms with Crippen LogP contribution in [0.15, 0.2) is 24.3 Å². The molecule has 2 unspecified atom stereocenters. The van der Waals surface area contributed by atoms with Crippen molar-refractivity contribution < 1.29 is 9.53 Å². The quantitative estimate of drug-likeness (QED) is 0.863. The Morgan fingerprint density at radius 2 is 1.83 bits per heavy atom. The summed E-state index contributed by atoms with van der Waals surface area (Å²) in [5.74, 6) is 0.752. The zero-order valence-corrected chi connectivity index (χ0v) is 14.8. The van der Waals surface area contributed by atoms with Crippen LogP contribution in [0.5, 0.6) is 0 Å². The SMILES string of the molecule is CC1CCCC1NCc1ccccc1CNC(=O)OC(C)(C)C. The number of hydrogen-bond donors (Lipinski definition) is 2. The van der Waals surface area contributed by atoms with Crippen LogP contribution >= 0.6 is 0 Å². The highest BCUT2D eigenvalue weighted by atomic mass is 16.6. The zero-order valence-electron chi connectivity index (χ0n) is 14.8. The van der Waals surface area contributed by atoms with Gasteiger partial charge >= 0.3 is 6.09 Å². The molecule has 1 saturated carbocycles. The number of amides is 1. The fourth-order valence-electron chi connectivity index (χ4n) is 3.07. The Morgan fingerprint density at radius 3 is 2.39 bits per heavy atom. The molecule has 23 heavy (non-hydrogen) atoms. The summed E-state index contributed by atoms with van der Waals surface area (Å²) in [5.41, 5.74) is 1.91. The van der Waals surface area contributed by atoms with Gasteiger partial charge in [0.05, 0.1) is 0 Å². The molecule has 1 aromatic carbocycles. The molecule has 2 N–H and O–H groups in total. The largest absolute Gasteiger partial charge is 0.444 e. The van der Waals surface area contributed by atoms with E-state index in [2.05, 4.69) is 29.7 Å². The molecule has 0 spiro atoms. The minimum Gasteiger partial charge on any atom is -0.444 e. The van der Waals surface area contributed by atoms with Crippen molar-refractivity contribution in [3.63, 3.8) is 0 Å². The fraction of sp³-hybridized carbons (Fsp3) is 0.632. The Labute approximate surface area is 140 Å². The van der Waals surface area contributed by atoms with E-state index in [1.807, 2.05) is 32.9 Å². The number of carbonyl (C=O) groups is 1. The lowest BCUT2D eigenvalue weighted by Gasteiger charge is -2.21. The Morgan fingerprint density at radius 1 is 1.17 bits per heavy atom. The first-order valence-electron chi connectivity index (χ1n) is 8.62. The van der Waals surface area contributed by atoms with Gasteiger partial charge < -0.3 is 15.4 Å². The van der Waals surface area contributed by atoms with Crippen molar-refractivity contribution in [2.75, 3.05) is 0 Å². The molecule has 1 fully saturated rings. The maximum atomic E-state index is 11.8. The minimum absolute atomic E-state index is 0.371. The van der Waals surface area contributed by atoms with Gasteiger partial charge in [0, 0.05) is 19.1 Å². The highest BCUT2D eigenvalue weighted by Crippen LogP contribution is 2.25. The number of carbonyl (C=O) groups excluding carboxylic acids is 1. The van der Waals surface area contributed by atoms with Crippen molar-refractivity contribution in [1.29, 1.82) is 0 Å². The van der Waals surface area contributed by atoms with Gasteiger partial charge in [0.25, 0.3) is 0 Å². The maximum absolute atomic E-state index is 11.8. The Kier molecular flexibility index (Phi) is 6.05. The third kappa shape index (κ3) is 5.87. The van der Waals surface area contributed by atoms with Crippen LogP contribution in [-0.2, 0) is 17.8 Å². The average molecular weight is 318 g/mol. The van der Waals surface area contributed by atoms with Gasteiger partial charge in [0.2, 0.25) is 0 Å². The molecule has 0 bridgehead atoms. The molecule has 0 heterocycles. The molecule has 2 atom stereocenters. The highest BCUT2D eigenvalue weighted by molar-refractivity contribution is 5.67. The van der Waals surface area contributed by atoms with E-state index in [1.54, 1.807) is 0 Å². The van der Waals surface area contributed by atoms with Gasteiger partial charge in [-0.05, 0) is 50.7 Å². The van der Waals surface area contributed by atoms with E-state index in [-0.39, 0.29) is 6.09 Å². The van der Waals surface area contributed by atoms with Gasteiger partial charge in [-0.15, -0.1) is 0 Å². The van der Waals surface area contributed by atoms with E-state index < -0.39 is 5.60 Å². The van der Waals surface area contributed by atoms with Crippen LogP contribution in [0.2, 0.25) is 0 Å². The van der Waals surface area contributed by atoms with E-state index in [0.29, 0.717) is 12.6 Å². The van der Waals surface area contributed by atoms with E-state index in [4.69, 9.17) is 4.74 Å². The number of benzene rings is 1. The topological polar surface area (TPSA) is 50.4 Å². The molecule has 2 rings (SSSR count). The van der Waals surface area contributed by atoms with Gasteiger partial charge in [-0.25, -0.2) is 4.79 Å². The molecule has 4 heteroatoms. The van der Waals surface area contributed by atoms with Gasteiger partial charge in [0.15, 0.2) is 0 Å².